The summed E-state index contributed by atoms with van der Waals surface area (Å²) in [6, 6.07) is 1.87. The third kappa shape index (κ3) is 4.07. The number of aromatic nitrogens is 1. The summed E-state index contributed by atoms with van der Waals surface area (Å²) in [5.41, 5.74) is 2.65. The van der Waals surface area contributed by atoms with Crippen molar-refractivity contribution in [2.24, 2.45) is 0 Å². The summed E-state index contributed by atoms with van der Waals surface area (Å²) in [5, 5.41) is 2.03. The number of hydrogen-bond donors (Lipinski definition) is 2. The highest BCUT2D eigenvalue weighted by Gasteiger charge is 2.34. The topological polar surface area (TPSA) is 68.0 Å². The quantitative estimate of drug-likeness (QED) is 0.810. The smallest absolute Gasteiger partial charge is 0.397 e. The Balaban J connectivity index is 0.00000264. The van der Waals surface area contributed by atoms with Crippen molar-refractivity contribution in [3.8, 4) is 0 Å². The maximum absolute atomic E-state index is 13.5. The van der Waals surface area contributed by atoms with Gasteiger partial charge in [-0.1, -0.05) is 0 Å². The summed E-state index contributed by atoms with van der Waals surface area (Å²) in [6.07, 6.45) is -3.17. The van der Waals surface area contributed by atoms with E-state index in [2.05, 4.69) is 4.98 Å². The minimum absolute atomic E-state index is 0. The van der Waals surface area contributed by atoms with Gasteiger partial charge in [0, 0.05) is 5.69 Å². The lowest BCUT2D eigenvalue weighted by atomic mass is 10.1. The van der Waals surface area contributed by atoms with Crippen molar-refractivity contribution >= 4 is 29.7 Å². The normalized spacial score (nSPS) is 10.8. The largest absolute Gasteiger partial charge is 0.419 e. The molecule has 0 aliphatic carbocycles. The van der Waals surface area contributed by atoms with E-state index in [0.717, 1.165) is 18.5 Å². The molecule has 0 saturated carbocycles. The van der Waals surface area contributed by atoms with Gasteiger partial charge in [0.15, 0.2) is 5.82 Å². The number of amides is 1. The van der Waals surface area contributed by atoms with Gasteiger partial charge in [-0.05, 0) is 18.2 Å². The van der Waals surface area contributed by atoms with Gasteiger partial charge < -0.3 is 11.1 Å². The highest BCUT2D eigenvalue weighted by Crippen LogP contribution is 2.33. The summed E-state index contributed by atoms with van der Waals surface area (Å²) in [6.45, 7) is 0. The van der Waals surface area contributed by atoms with E-state index < -0.39 is 34.8 Å². The number of rotatable bonds is 2. The number of hydrogen-bond acceptors (Lipinski definition) is 3. The second-order valence-electron chi connectivity index (χ2n) is 4.23. The first-order valence-corrected chi connectivity index (χ1v) is 5.77. The Morgan fingerprint density at radius 3 is 2.35 bits per heavy atom. The Labute approximate surface area is 132 Å². The molecule has 3 N–H and O–H groups in total. The van der Waals surface area contributed by atoms with E-state index in [4.69, 9.17) is 5.73 Å². The first kappa shape index (κ1) is 18.6. The molecule has 124 valence electrons. The number of benzene rings is 1. The summed E-state index contributed by atoms with van der Waals surface area (Å²) in [7, 11) is 0. The van der Waals surface area contributed by atoms with Crippen LogP contribution in [-0.2, 0) is 6.18 Å². The number of nitrogens with zero attached hydrogens (tertiary/aromatic N) is 1. The number of nitrogen functional groups attached to an aromatic ring is 1. The SMILES string of the molecule is Cl.Nc1cncc(F)c1C(=O)Nc1ccc(F)c(C(F)(F)F)c1. The summed E-state index contributed by atoms with van der Waals surface area (Å²) in [4.78, 5) is 15.3. The van der Waals surface area contributed by atoms with E-state index in [1.54, 1.807) is 0 Å². The Kier molecular flexibility index (Phi) is 5.49. The van der Waals surface area contributed by atoms with Crippen LogP contribution in [-0.4, -0.2) is 10.9 Å². The zero-order chi connectivity index (χ0) is 16.5. The number of anilines is 2. The van der Waals surface area contributed by atoms with E-state index >= 15 is 0 Å². The Bertz CT molecular complexity index is 716. The van der Waals surface area contributed by atoms with Crippen LogP contribution in [0.3, 0.4) is 0 Å². The molecule has 0 aliphatic rings. The number of alkyl halides is 3. The van der Waals surface area contributed by atoms with E-state index in [1.165, 1.54) is 0 Å². The first-order chi connectivity index (χ1) is 10.2. The molecule has 0 atom stereocenters. The molecule has 2 rings (SSSR count). The van der Waals surface area contributed by atoms with Crippen molar-refractivity contribution in [1.29, 1.82) is 0 Å². The fourth-order valence-electron chi connectivity index (χ4n) is 1.70. The van der Waals surface area contributed by atoms with Crippen molar-refractivity contribution < 1.29 is 26.7 Å². The third-order valence-electron chi connectivity index (χ3n) is 2.69. The van der Waals surface area contributed by atoms with Gasteiger partial charge in [-0.3, -0.25) is 9.78 Å². The van der Waals surface area contributed by atoms with Crippen LogP contribution >= 0.6 is 12.4 Å². The van der Waals surface area contributed by atoms with Crippen LogP contribution in [0.15, 0.2) is 30.6 Å². The zero-order valence-electron chi connectivity index (χ0n) is 11.1. The van der Waals surface area contributed by atoms with E-state index in [1.807, 2.05) is 5.32 Å². The van der Waals surface area contributed by atoms with Crippen molar-refractivity contribution in [1.82, 2.24) is 4.98 Å². The summed E-state index contributed by atoms with van der Waals surface area (Å²) >= 11 is 0. The molecular weight excluding hydrogens is 345 g/mol. The number of nitrogens with two attached hydrogens (primary N) is 1. The Morgan fingerprint density at radius 1 is 1.13 bits per heavy atom. The molecule has 0 saturated heterocycles. The molecule has 0 aliphatic heterocycles. The fraction of sp³-hybridized carbons (Fsp3) is 0.0769. The van der Waals surface area contributed by atoms with Crippen LogP contribution < -0.4 is 11.1 Å². The van der Waals surface area contributed by atoms with Crippen molar-refractivity contribution in [3.63, 3.8) is 0 Å². The Hall–Kier alpha value is -2.42. The lowest BCUT2D eigenvalue weighted by molar-refractivity contribution is -0.139. The number of nitrogens with one attached hydrogen (secondary N) is 1. The molecule has 1 aromatic carbocycles. The van der Waals surface area contributed by atoms with Crippen LogP contribution in [0, 0.1) is 11.6 Å². The third-order valence-corrected chi connectivity index (χ3v) is 2.69. The molecule has 0 unspecified atom stereocenters. The molecule has 1 heterocycles. The van der Waals surface area contributed by atoms with Crippen molar-refractivity contribution in [2.45, 2.75) is 6.18 Å². The van der Waals surface area contributed by atoms with Gasteiger partial charge in [-0.2, -0.15) is 13.2 Å². The monoisotopic (exact) mass is 353 g/mol. The molecule has 0 bridgehead atoms. The van der Waals surface area contributed by atoms with Crippen molar-refractivity contribution in [2.75, 3.05) is 11.1 Å². The molecule has 0 fully saturated rings. The van der Waals surface area contributed by atoms with Crippen molar-refractivity contribution in [3.05, 3.63) is 53.4 Å². The number of halogens is 6. The number of carbonyl (C=O) groups excluding carboxylic acids is 1. The molecule has 10 heteroatoms. The van der Waals surface area contributed by atoms with Gasteiger partial charge in [-0.15, -0.1) is 12.4 Å². The standard InChI is InChI=1S/C13H8F5N3O.ClH/c14-8-2-1-6(3-7(8)13(16,17)18)21-12(22)11-9(15)4-20-5-10(11)19;/h1-5H,19H2,(H,21,22);1H. The van der Waals surface area contributed by atoms with Gasteiger partial charge in [0.2, 0.25) is 0 Å². The summed E-state index contributed by atoms with van der Waals surface area (Å²) in [5.74, 6) is -3.59. The Morgan fingerprint density at radius 2 is 1.78 bits per heavy atom. The lowest BCUT2D eigenvalue weighted by Gasteiger charge is -2.12. The van der Waals surface area contributed by atoms with Crippen LogP contribution in [0.2, 0.25) is 0 Å². The van der Waals surface area contributed by atoms with Gasteiger partial charge in [-0.25, -0.2) is 8.78 Å². The lowest BCUT2D eigenvalue weighted by Crippen LogP contribution is -2.17. The second-order valence-corrected chi connectivity index (χ2v) is 4.23. The van der Waals surface area contributed by atoms with Gasteiger partial charge >= 0.3 is 6.18 Å². The molecule has 4 nitrogen and oxygen atoms in total. The predicted octanol–water partition coefficient (Wildman–Crippen LogP) is 3.63. The maximum Gasteiger partial charge on any atom is 0.419 e. The molecule has 1 amide bonds. The highest BCUT2D eigenvalue weighted by molar-refractivity contribution is 6.07. The van der Waals surface area contributed by atoms with Crippen LogP contribution in [0.4, 0.5) is 33.3 Å². The van der Waals surface area contributed by atoms with E-state index in [9.17, 15) is 26.7 Å². The van der Waals surface area contributed by atoms with E-state index in [-0.39, 0.29) is 23.8 Å². The molecule has 2 aromatic rings. The van der Waals surface area contributed by atoms with Crippen LogP contribution in [0.5, 0.6) is 0 Å². The molecule has 0 radical (unpaired) electrons. The van der Waals surface area contributed by atoms with Crippen LogP contribution in [0.1, 0.15) is 15.9 Å². The first-order valence-electron chi connectivity index (χ1n) is 5.77. The molecule has 0 spiro atoms. The van der Waals surface area contributed by atoms with Gasteiger partial charge in [0.05, 0.1) is 23.6 Å². The maximum atomic E-state index is 13.5. The number of carbonyl (C=O) groups is 1. The minimum Gasteiger partial charge on any atom is -0.397 e. The van der Waals surface area contributed by atoms with Crippen LogP contribution in [0.25, 0.3) is 0 Å². The second kappa shape index (κ2) is 6.78. The average molecular weight is 354 g/mol. The van der Waals surface area contributed by atoms with E-state index in [0.29, 0.717) is 12.1 Å². The molecular formula is C13H9ClF5N3O. The van der Waals surface area contributed by atoms with Gasteiger partial charge in [0.1, 0.15) is 11.4 Å². The highest BCUT2D eigenvalue weighted by atomic mass is 35.5. The minimum atomic E-state index is -4.92. The average Bonchev–Trinajstić information content (AvgIpc) is 2.39. The molecule has 1 aromatic heterocycles. The zero-order valence-corrected chi connectivity index (χ0v) is 11.9. The molecule has 23 heavy (non-hydrogen) atoms. The van der Waals surface area contributed by atoms with Gasteiger partial charge in [0.25, 0.3) is 5.91 Å². The summed E-state index contributed by atoms with van der Waals surface area (Å²) < 4.78 is 64.4. The predicted molar refractivity (Wildman–Crippen MR) is 75.2 cm³/mol. The fourth-order valence-corrected chi connectivity index (χ4v) is 1.70. The number of pyridine rings is 1.